The number of hydrogen-bond donors (Lipinski definition) is 1. The van der Waals surface area contributed by atoms with Gasteiger partial charge >= 0.3 is 5.97 Å². The first-order valence-corrected chi connectivity index (χ1v) is 7.35. The van der Waals surface area contributed by atoms with E-state index in [4.69, 9.17) is 5.11 Å². The van der Waals surface area contributed by atoms with Gasteiger partial charge in [0, 0.05) is 31.1 Å². The molecule has 0 aromatic heterocycles. The van der Waals surface area contributed by atoms with Gasteiger partial charge in [-0.25, -0.2) is 0 Å². The lowest BCUT2D eigenvalue weighted by Crippen LogP contribution is -2.59. The summed E-state index contributed by atoms with van der Waals surface area (Å²) in [5.41, 5.74) is 0.437. The molecule has 1 spiro atoms. The van der Waals surface area contributed by atoms with Gasteiger partial charge in [-0.1, -0.05) is 19.3 Å². The largest absolute Gasteiger partial charge is 0.480 e. The van der Waals surface area contributed by atoms with Gasteiger partial charge in [-0.3, -0.25) is 14.6 Å². The van der Waals surface area contributed by atoms with Crippen LogP contribution in [0.25, 0.3) is 0 Å². The first-order valence-electron chi connectivity index (χ1n) is 7.35. The molecule has 4 heteroatoms. The van der Waals surface area contributed by atoms with E-state index in [0.717, 1.165) is 19.1 Å². The van der Waals surface area contributed by atoms with E-state index in [2.05, 4.69) is 9.80 Å². The number of nitrogens with zero attached hydrogens (tertiary/aromatic N) is 2. The summed E-state index contributed by atoms with van der Waals surface area (Å²) in [5.74, 6) is -0.688. The van der Waals surface area contributed by atoms with Gasteiger partial charge in [-0.15, -0.1) is 0 Å². The fourth-order valence-electron chi connectivity index (χ4n) is 4.19. The van der Waals surface area contributed by atoms with Crippen molar-refractivity contribution in [1.82, 2.24) is 9.80 Å². The molecule has 3 fully saturated rings. The van der Waals surface area contributed by atoms with Crippen LogP contribution in [0.3, 0.4) is 0 Å². The molecule has 0 aromatic carbocycles. The highest BCUT2D eigenvalue weighted by Gasteiger charge is 2.48. The van der Waals surface area contributed by atoms with Crippen molar-refractivity contribution in [3.63, 3.8) is 0 Å². The van der Waals surface area contributed by atoms with Gasteiger partial charge in [-0.05, 0) is 25.8 Å². The summed E-state index contributed by atoms with van der Waals surface area (Å²) < 4.78 is 0. The average Bonchev–Trinajstić information content (AvgIpc) is 2.74. The van der Waals surface area contributed by atoms with E-state index in [1.807, 2.05) is 0 Å². The predicted octanol–water partition coefficient (Wildman–Crippen LogP) is 1.41. The van der Waals surface area contributed by atoms with Crippen molar-refractivity contribution in [1.29, 1.82) is 0 Å². The van der Waals surface area contributed by atoms with Crippen LogP contribution in [0.1, 0.15) is 38.5 Å². The number of hydrogen-bond acceptors (Lipinski definition) is 3. The Balaban J connectivity index is 1.49. The first-order chi connectivity index (χ1) is 8.67. The molecule has 2 saturated heterocycles. The fourth-order valence-corrected chi connectivity index (χ4v) is 4.19. The lowest BCUT2D eigenvalue weighted by molar-refractivity contribution is -0.141. The molecule has 2 aliphatic heterocycles. The highest BCUT2D eigenvalue weighted by Crippen LogP contribution is 2.41. The Kier molecular flexibility index (Phi) is 3.32. The normalized spacial score (nSPS) is 29.6. The molecular weight excluding hydrogens is 228 g/mol. The smallest absolute Gasteiger partial charge is 0.317 e. The molecule has 0 amide bonds. The van der Waals surface area contributed by atoms with Gasteiger partial charge in [0.15, 0.2) is 0 Å². The van der Waals surface area contributed by atoms with Gasteiger partial charge in [-0.2, -0.15) is 0 Å². The minimum Gasteiger partial charge on any atom is -0.480 e. The van der Waals surface area contributed by atoms with Crippen molar-refractivity contribution in [3.8, 4) is 0 Å². The van der Waals surface area contributed by atoms with Crippen molar-refractivity contribution >= 4 is 5.97 Å². The fraction of sp³-hybridized carbons (Fsp3) is 0.929. The molecule has 0 bridgehead atoms. The predicted molar refractivity (Wildman–Crippen MR) is 69.6 cm³/mol. The lowest BCUT2D eigenvalue weighted by atomic mass is 9.79. The number of likely N-dealkylation sites (tertiary alicyclic amines) is 2. The van der Waals surface area contributed by atoms with Crippen molar-refractivity contribution in [2.75, 3.05) is 32.7 Å². The Hall–Kier alpha value is -0.610. The van der Waals surface area contributed by atoms with Gasteiger partial charge in [0.05, 0.1) is 6.54 Å². The van der Waals surface area contributed by atoms with Crippen LogP contribution in [0.2, 0.25) is 0 Å². The van der Waals surface area contributed by atoms with Crippen molar-refractivity contribution in [2.24, 2.45) is 5.41 Å². The summed E-state index contributed by atoms with van der Waals surface area (Å²) in [5, 5.41) is 8.78. The quantitative estimate of drug-likeness (QED) is 0.825. The standard InChI is InChI=1S/C14H24N2O2/c17-13(18)8-15-9-14(10-15)6-7-16(11-14)12-4-2-1-3-5-12/h12H,1-11H2,(H,17,18). The molecule has 1 N–H and O–H groups in total. The SMILES string of the molecule is O=C(O)CN1CC2(CCN(C3CCCCC3)C2)C1. The molecule has 102 valence electrons. The number of carboxylic acids is 1. The number of aliphatic carboxylic acids is 1. The van der Waals surface area contributed by atoms with Crippen LogP contribution in [-0.2, 0) is 4.79 Å². The molecule has 1 saturated carbocycles. The molecule has 4 nitrogen and oxygen atoms in total. The van der Waals surface area contributed by atoms with Gasteiger partial charge in [0.1, 0.15) is 0 Å². The topological polar surface area (TPSA) is 43.8 Å². The summed E-state index contributed by atoms with van der Waals surface area (Å²) in [6.45, 7) is 4.69. The zero-order valence-corrected chi connectivity index (χ0v) is 11.1. The Bertz CT molecular complexity index is 320. The maximum Gasteiger partial charge on any atom is 0.317 e. The molecule has 1 aliphatic carbocycles. The number of rotatable bonds is 3. The van der Waals surface area contributed by atoms with Gasteiger partial charge in [0.25, 0.3) is 0 Å². The van der Waals surface area contributed by atoms with Crippen LogP contribution >= 0.6 is 0 Å². The van der Waals surface area contributed by atoms with Crippen molar-refractivity contribution in [3.05, 3.63) is 0 Å². The molecule has 0 aromatic rings. The molecule has 2 heterocycles. The first kappa shape index (κ1) is 12.4. The van der Waals surface area contributed by atoms with E-state index in [1.54, 1.807) is 0 Å². The third-order valence-corrected chi connectivity index (χ3v) is 5.04. The second-order valence-corrected chi connectivity index (χ2v) is 6.55. The van der Waals surface area contributed by atoms with Crippen LogP contribution in [0, 0.1) is 5.41 Å². The highest BCUT2D eigenvalue weighted by atomic mass is 16.4. The Morgan fingerprint density at radius 2 is 1.89 bits per heavy atom. The monoisotopic (exact) mass is 252 g/mol. The molecule has 3 rings (SSSR count). The van der Waals surface area contributed by atoms with Crippen LogP contribution in [-0.4, -0.2) is 59.6 Å². The zero-order valence-electron chi connectivity index (χ0n) is 11.1. The third kappa shape index (κ3) is 2.41. The Morgan fingerprint density at radius 1 is 1.17 bits per heavy atom. The minimum absolute atomic E-state index is 0.227. The van der Waals surface area contributed by atoms with Crippen LogP contribution in [0.15, 0.2) is 0 Å². The molecule has 0 unspecified atom stereocenters. The van der Waals surface area contributed by atoms with Crippen LogP contribution < -0.4 is 0 Å². The Morgan fingerprint density at radius 3 is 2.56 bits per heavy atom. The zero-order chi connectivity index (χ0) is 12.6. The number of carboxylic acid groups (broad SMARTS) is 1. The van der Waals surface area contributed by atoms with E-state index in [9.17, 15) is 4.79 Å². The van der Waals surface area contributed by atoms with Crippen molar-refractivity contribution < 1.29 is 9.90 Å². The van der Waals surface area contributed by atoms with E-state index in [1.165, 1.54) is 51.6 Å². The summed E-state index contributed by atoms with van der Waals surface area (Å²) in [6, 6.07) is 0.826. The average molecular weight is 252 g/mol. The molecule has 0 radical (unpaired) electrons. The second-order valence-electron chi connectivity index (χ2n) is 6.55. The van der Waals surface area contributed by atoms with Gasteiger partial charge < -0.3 is 5.11 Å². The van der Waals surface area contributed by atoms with Crippen LogP contribution in [0.4, 0.5) is 0 Å². The maximum absolute atomic E-state index is 10.7. The maximum atomic E-state index is 10.7. The molecule has 18 heavy (non-hydrogen) atoms. The second kappa shape index (κ2) is 4.82. The molecule has 0 atom stereocenters. The third-order valence-electron chi connectivity index (χ3n) is 5.04. The van der Waals surface area contributed by atoms with E-state index >= 15 is 0 Å². The van der Waals surface area contributed by atoms with E-state index < -0.39 is 5.97 Å². The van der Waals surface area contributed by atoms with E-state index in [-0.39, 0.29) is 6.54 Å². The van der Waals surface area contributed by atoms with E-state index in [0.29, 0.717) is 5.41 Å². The minimum atomic E-state index is -0.688. The van der Waals surface area contributed by atoms with Crippen molar-refractivity contribution in [2.45, 2.75) is 44.6 Å². The lowest BCUT2D eigenvalue weighted by Gasteiger charge is -2.48. The number of carbonyl (C=O) groups is 1. The summed E-state index contributed by atoms with van der Waals surface area (Å²) in [6.07, 6.45) is 8.27. The van der Waals surface area contributed by atoms with Gasteiger partial charge in [0.2, 0.25) is 0 Å². The summed E-state index contributed by atoms with van der Waals surface area (Å²) >= 11 is 0. The molecular formula is C14H24N2O2. The molecule has 3 aliphatic rings. The summed E-state index contributed by atoms with van der Waals surface area (Å²) in [7, 11) is 0. The van der Waals surface area contributed by atoms with Crippen LogP contribution in [0.5, 0.6) is 0 Å². The summed E-state index contributed by atoms with van der Waals surface area (Å²) in [4.78, 5) is 15.4. The highest BCUT2D eigenvalue weighted by molar-refractivity contribution is 5.69. The Labute approximate surface area is 109 Å².